The molecule has 0 bridgehead atoms. The Morgan fingerprint density at radius 3 is 2.44 bits per heavy atom. The lowest BCUT2D eigenvalue weighted by Gasteiger charge is -2.43. The minimum Gasteiger partial charge on any atom is -0.497 e. The fourth-order valence-electron chi connectivity index (χ4n) is 5.75. The van der Waals surface area contributed by atoms with E-state index in [1.807, 2.05) is 16.5 Å². The van der Waals surface area contributed by atoms with E-state index in [2.05, 4.69) is 54.6 Å². The molecule has 0 radical (unpaired) electrons. The van der Waals surface area contributed by atoms with Gasteiger partial charge in [-0.05, 0) is 49.2 Å². The Hall–Kier alpha value is -4.15. The second kappa shape index (κ2) is 10.7. The van der Waals surface area contributed by atoms with Crippen molar-refractivity contribution in [2.24, 2.45) is 0 Å². The first kappa shape index (κ1) is 25.8. The van der Waals surface area contributed by atoms with Gasteiger partial charge in [0.15, 0.2) is 11.3 Å². The highest BCUT2D eigenvalue weighted by Crippen LogP contribution is 2.41. The molecule has 7 rings (SSSR count). The third-order valence-electron chi connectivity index (χ3n) is 8.27. The molecule has 11 heteroatoms. The zero-order valence-corrected chi connectivity index (χ0v) is 23.8. The SMILES string of the molecule is COc1cc(OC)c(Cl)c(-c2cc3cnc(Nc4ccc(N5CCN(C6CCC6)CC5)cc4)nc3n3cnnc23)c1. The third kappa shape index (κ3) is 4.76. The van der Waals surface area contributed by atoms with Crippen LogP contribution in [-0.4, -0.2) is 75.9 Å². The molecule has 2 aromatic carbocycles. The molecule has 41 heavy (non-hydrogen) atoms. The van der Waals surface area contributed by atoms with Gasteiger partial charge in [-0.25, -0.2) is 4.98 Å². The van der Waals surface area contributed by atoms with Gasteiger partial charge in [0.1, 0.15) is 17.8 Å². The summed E-state index contributed by atoms with van der Waals surface area (Å²) in [6.07, 6.45) is 7.55. The number of hydrogen-bond donors (Lipinski definition) is 1. The van der Waals surface area contributed by atoms with E-state index in [0.717, 1.165) is 54.4 Å². The van der Waals surface area contributed by atoms with E-state index in [1.165, 1.54) is 24.9 Å². The van der Waals surface area contributed by atoms with Gasteiger partial charge in [-0.1, -0.05) is 18.0 Å². The molecule has 10 nitrogen and oxygen atoms in total. The highest BCUT2D eigenvalue weighted by molar-refractivity contribution is 6.35. The molecule has 5 aromatic rings. The Kier molecular flexibility index (Phi) is 6.72. The monoisotopic (exact) mass is 570 g/mol. The largest absolute Gasteiger partial charge is 0.497 e. The van der Waals surface area contributed by atoms with Crippen LogP contribution in [-0.2, 0) is 0 Å². The van der Waals surface area contributed by atoms with Gasteiger partial charge in [-0.2, -0.15) is 4.98 Å². The van der Waals surface area contributed by atoms with Crippen LogP contribution >= 0.6 is 11.6 Å². The normalized spacial score (nSPS) is 16.2. The molecule has 1 saturated carbocycles. The number of methoxy groups -OCH3 is 2. The van der Waals surface area contributed by atoms with Crippen LogP contribution in [0.15, 0.2) is 55.0 Å². The highest BCUT2D eigenvalue weighted by Gasteiger charge is 2.28. The van der Waals surface area contributed by atoms with Crippen molar-refractivity contribution in [2.75, 3.05) is 50.6 Å². The third-order valence-corrected chi connectivity index (χ3v) is 8.65. The maximum atomic E-state index is 6.71. The minimum atomic E-state index is 0.459. The molecule has 0 atom stereocenters. The van der Waals surface area contributed by atoms with Crippen molar-refractivity contribution in [3.8, 4) is 22.6 Å². The quantitative estimate of drug-likeness (QED) is 0.275. The van der Waals surface area contributed by atoms with E-state index in [0.29, 0.717) is 33.8 Å². The zero-order valence-electron chi connectivity index (χ0n) is 23.0. The first-order chi connectivity index (χ1) is 20.1. The number of anilines is 3. The van der Waals surface area contributed by atoms with Crippen LogP contribution in [0.5, 0.6) is 11.5 Å². The van der Waals surface area contributed by atoms with Crippen molar-refractivity contribution in [2.45, 2.75) is 25.3 Å². The molecule has 0 spiro atoms. The number of fused-ring (bicyclic) bond motifs is 3. The van der Waals surface area contributed by atoms with Crippen LogP contribution in [0.3, 0.4) is 0 Å². The second-order valence-corrected chi connectivity index (χ2v) is 10.9. The molecule has 1 aliphatic heterocycles. The van der Waals surface area contributed by atoms with Gasteiger partial charge in [-0.15, -0.1) is 10.2 Å². The molecule has 1 N–H and O–H groups in total. The number of ether oxygens (including phenoxy) is 2. The van der Waals surface area contributed by atoms with Gasteiger partial charge in [0, 0.05) is 72.4 Å². The summed E-state index contributed by atoms with van der Waals surface area (Å²) in [7, 11) is 3.18. The van der Waals surface area contributed by atoms with Crippen molar-refractivity contribution < 1.29 is 9.47 Å². The smallest absolute Gasteiger partial charge is 0.229 e. The fourth-order valence-corrected chi connectivity index (χ4v) is 6.03. The van der Waals surface area contributed by atoms with Gasteiger partial charge < -0.3 is 19.7 Å². The van der Waals surface area contributed by atoms with Crippen molar-refractivity contribution in [3.63, 3.8) is 0 Å². The molecule has 0 unspecified atom stereocenters. The zero-order chi connectivity index (χ0) is 27.9. The molecule has 1 aliphatic carbocycles. The van der Waals surface area contributed by atoms with Crippen LogP contribution in [0, 0.1) is 0 Å². The topological polar surface area (TPSA) is 92.9 Å². The van der Waals surface area contributed by atoms with Crippen molar-refractivity contribution in [3.05, 3.63) is 60.0 Å². The van der Waals surface area contributed by atoms with Crippen LogP contribution in [0.4, 0.5) is 17.3 Å². The van der Waals surface area contributed by atoms with Gasteiger partial charge >= 0.3 is 0 Å². The van der Waals surface area contributed by atoms with E-state index in [1.54, 1.807) is 32.8 Å². The van der Waals surface area contributed by atoms with Crippen LogP contribution in [0.1, 0.15) is 19.3 Å². The number of halogens is 1. The lowest BCUT2D eigenvalue weighted by Crippen LogP contribution is -2.52. The molecular weight excluding hydrogens is 540 g/mol. The van der Waals surface area contributed by atoms with E-state index in [9.17, 15) is 0 Å². The summed E-state index contributed by atoms with van der Waals surface area (Å²) in [6, 6.07) is 14.9. The summed E-state index contributed by atoms with van der Waals surface area (Å²) < 4.78 is 12.8. The summed E-state index contributed by atoms with van der Waals surface area (Å²) in [5, 5.41) is 13.2. The summed E-state index contributed by atoms with van der Waals surface area (Å²) in [4.78, 5) is 14.5. The molecule has 0 amide bonds. The molecule has 3 aromatic heterocycles. The van der Waals surface area contributed by atoms with Crippen molar-refractivity contribution in [1.82, 2.24) is 29.5 Å². The van der Waals surface area contributed by atoms with Gasteiger partial charge in [-0.3, -0.25) is 9.30 Å². The summed E-state index contributed by atoms with van der Waals surface area (Å²) in [5.41, 5.74) is 4.95. The van der Waals surface area contributed by atoms with E-state index < -0.39 is 0 Å². The van der Waals surface area contributed by atoms with Crippen LogP contribution in [0.2, 0.25) is 5.02 Å². The Labute approximate surface area is 242 Å². The molecule has 2 aliphatic rings. The van der Waals surface area contributed by atoms with E-state index in [4.69, 9.17) is 26.1 Å². The van der Waals surface area contributed by atoms with Crippen LogP contribution in [0.25, 0.3) is 27.8 Å². The Morgan fingerprint density at radius 2 is 1.73 bits per heavy atom. The van der Waals surface area contributed by atoms with Gasteiger partial charge in [0.2, 0.25) is 5.95 Å². The summed E-state index contributed by atoms with van der Waals surface area (Å²) >= 11 is 6.71. The minimum absolute atomic E-state index is 0.459. The number of aromatic nitrogens is 5. The van der Waals surface area contributed by atoms with Crippen molar-refractivity contribution >= 4 is 45.6 Å². The number of hydrogen-bond acceptors (Lipinski definition) is 9. The standard InChI is InChI=1S/C30H31ClN8O2/c1-40-23-15-24(27(31)26(16-23)41-2)25-14-19-17-32-30(35-28(19)39-18-33-36-29(25)39)34-20-6-8-22(9-7-20)38-12-10-37(11-13-38)21-4-3-5-21/h6-9,14-18,21H,3-5,10-13H2,1-2H3,(H,32,34,35). The van der Waals surface area contributed by atoms with Crippen LogP contribution < -0.4 is 19.7 Å². The Morgan fingerprint density at radius 1 is 0.927 bits per heavy atom. The Bertz CT molecular complexity index is 1710. The van der Waals surface area contributed by atoms with Gasteiger partial charge in [0.05, 0.1) is 19.2 Å². The predicted octanol–water partition coefficient (Wildman–Crippen LogP) is 5.43. The number of rotatable bonds is 7. The number of benzene rings is 2. The molecule has 4 heterocycles. The molecule has 210 valence electrons. The Balaban J connectivity index is 1.14. The predicted molar refractivity (Wildman–Crippen MR) is 161 cm³/mol. The molecular formula is C30H31ClN8O2. The molecule has 2 fully saturated rings. The number of pyridine rings is 1. The van der Waals surface area contributed by atoms with Crippen molar-refractivity contribution in [1.29, 1.82) is 0 Å². The number of nitrogens with zero attached hydrogens (tertiary/aromatic N) is 7. The lowest BCUT2D eigenvalue weighted by atomic mass is 9.91. The molecule has 1 saturated heterocycles. The van der Waals surface area contributed by atoms with E-state index >= 15 is 0 Å². The average Bonchev–Trinajstić information content (AvgIpc) is 3.48. The first-order valence-electron chi connectivity index (χ1n) is 13.9. The number of nitrogens with one attached hydrogen (secondary N) is 1. The first-order valence-corrected chi connectivity index (χ1v) is 14.3. The average molecular weight is 571 g/mol. The fraction of sp³-hybridized carbons (Fsp3) is 0.333. The summed E-state index contributed by atoms with van der Waals surface area (Å²) in [6.45, 7) is 4.43. The summed E-state index contributed by atoms with van der Waals surface area (Å²) in [5.74, 6) is 1.62. The van der Waals surface area contributed by atoms with E-state index in [-0.39, 0.29) is 0 Å². The highest BCUT2D eigenvalue weighted by atomic mass is 35.5. The second-order valence-electron chi connectivity index (χ2n) is 10.5. The van der Waals surface area contributed by atoms with Gasteiger partial charge in [0.25, 0.3) is 0 Å². The maximum absolute atomic E-state index is 6.71. The number of piperazine rings is 1. The lowest BCUT2D eigenvalue weighted by molar-refractivity contribution is 0.120. The maximum Gasteiger partial charge on any atom is 0.229 e.